The summed E-state index contributed by atoms with van der Waals surface area (Å²) in [7, 11) is 0. The van der Waals surface area contributed by atoms with Gasteiger partial charge in [-0.2, -0.15) is 13.2 Å². The van der Waals surface area contributed by atoms with Crippen LogP contribution >= 0.6 is 0 Å². The van der Waals surface area contributed by atoms with E-state index in [2.05, 4.69) is 5.32 Å². The fraction of sp³-hybridized carbons (Fsp3) is 0.316. The first-order valence-electron chi connectivity index (χ1n) is 8.31. The summed E-state index contributed by atoms with van der Waals surface area (Å²) in [5.41, 5.74) is 0.858. The Hall–Kier alpha value is -2.70. The van der Waals surface area contributed by atoms with Gasteiger partial charge in [-0.15, -0.1) is 0 Å². The highest BCUT2D eigenvalue weighted by molar-refractivity contribution is 6.03. The minimum Gasteiger partial charge on any atom is -0.486 e. The van der Waals surface area contributed by atoms with Crippen molar-refractivity contribution in [2.24, 2.45) is 0 Å². The maximum atomic E-state index is 12.9. The van der Waals surface area contributed by atoms with Crippen LogP contribution in [0.3, 0.4) is 0 Å². The fourth-order valence-electron chi connectivity index (χ4n) is 2.83. The Morgan fingerprint density at radius 3 is 2.73 bits per heavy atom. The molecule has 1 aliphatic heterocycles. The monoisotopic (exact) mass is 364 g/mol. The highest BCUT2D eigenvalue weighted by atomic mass is 19.4. The molecule has 0 saturated carbocycles. The predicted molar refractivity (Wildman–Crippen MR) is 93.7 cm³/mol. The van der Waals surface area contributed by atoms with Crippen LogP contribution in [0.15, 0.2) is 42.5 Å². The second-order valence-electron chi connectivity index (χ2n) is 6.24. The van der Waals surface area contributed by atoms with Crippen LogP contribution in [0.2, 0.25) is 0 Å². The Morgan fingerprint density at radius 1 is 1.27 bits per heavy atom. The number of halogens is 3. The molecule has 2 aromatic rings. The Labute approximate surface area is 149 Å². The highest BCUT2D eigenvalue weighted by Gasteiger charge is 2.32. The first-order chi connectivity index (χ1) is 12.3. The number of alkyl halides is 3. The van der Waals surface area contributed by atoms with E-state index in [0.29, 0.717) is 24.4 Å². The molecule has 7 heteroatoms. The molecule has 0 bridgehead atoms. The summed E-state index contributed by atoms with van der Waals surface area (Å²) in [6.07, 6.45) is -3.92. The third kappa shape index (κ3) is 3.76. The molecule has 2 aromatic carbocycles. The normalized spacial score (nSPS) is 16.7. The van der Waals surface area contributed by atoms with Crippen molar-refractivity contribution in [3.8, 4) is 5.75 Å². The Bertz CT molecular complexity index is 821. The van der Waals surface area contributed by atoms with Gasteiger partial charge in [-0.3, -0.25) is 4.90 Å². The third-order valence-electron chi connectivity index (χ3n) is 4.23. The predicted octanol–water partition coefficient (Wildman–Crippen LogP) is 5.22. The topological polar surface area (TPSA) is 41.6 Å². The lowest BCUT2D eigenvalue weighted by Crippen LogP contribution is -2.45. The molecule has 0 unspecified atom stereocenters. The van der Waals surface area contributed by atoms with E-state index < -0.39 is 17.8 Å². The van der Waals surface area contributed by atoms with E-state index in [1.165, 1.54) is 17.0 Å². The number of nitrogens with one attached hydrogen (secondary N) is 1. The molecular formula is C19H19F3N2O2. The number of ether oxygens (including phenoxy) is 1. The first-order valence-corrected chi connectivity index (χ1v) is 8.31. The molecule has 1 aliphatic rings. The summed E-state index contributed by atoms with van der Waals surface area (Å²) in [6.45, 7) is 4.18. The number of urea groups is 1. The lowest BCUT2D eigenvalue weighted by Gasteiger charge is -2.34. The number of anilines is 2. The zero-order chi connectivity index (χ0) is 18.9. The number of hydrogen-bond donors (Lipinski definition) is 1. The Balaban J connectivity index is 1.87. The SMILES string of the molecule is CC[C@@H]1CN(C(=O)Nc2cccc(C(F)(F)F)c2)c2cc(C)ccc2O1. The van der Waals surface area contributed by atoms with Crippen LogP contribution in [0.1, 0.15) is 24.5 Å². The van der Waals surface area contributed by atoms with Crippen LogP contribution in [0, 0.1) is 6.92 Å². The van der Waals surface area contributed by atoms with Crippen LogP contribution in [0.4, 0.5) is 29.3 Å². The van der Waals surface area contributed by atoms with Gasteiger partial charge in [-0.1, -0.05) is 19.1 Å². The summed E-state index contributed by atoms with van der Waals surface area (Å²) in [4.78, 5) is 14.3. The smallest absolute Gasteiger partial charge is 0.416 e. The second-order valence-corrected chi connectivity index (χ2v) is 6.24. The van der Waals surface area contributed by atoms with Gasteiger partial charge in [0.15, 0.2) is 0 Å². The molecule has 0 spiro atoms. The van der Waals surface area contributed by atoms with Gasteiger partial charge >= 0.3 is 12.2 Å². The summed E-state index contributed by atoms with van der Waals surface area (Å²) in [5, 5.41) is 2.56. The van der Waals surface area contributed by atoms with Gasteiger partial charge in [0.1, 0.15) is 11.9 Å². The lowest BCUT2D eigenvalue weighted by molar-refractivity contribution is -0.137. The van der Waals surface area contributed by atoms with Crippen LogP contribution in [0.25, 0.3) is 0 Å². The summed E-state index contributed by atoms with van der Waals surface area (Å²) < 4.78 is 44.4. The molecule has 1 atom stereocenters. The van der Waals surface area contributed by atoms with Gasteiger partial charge in [0.2, 0.25) is 0 Å². The minimum absolute atomic E-state index is 0.0959. The van der Waals surface area contributed by atoms with Gasteiger partial charge in [-0.25, -0.2) is 4.79 Å². The maximum Gasteiger partial charge on any atom is 0.416 e. The zero-order valence-corrected chi connectivity index (χ0v) is 14.4. The molecule has 0 aromatic heterocycles. The van der Waals surface area contributed by atoms with E-state index in [0.717, 1.165) is 17.7 Å². The molecule has 0 saturated heterocycles. The maximum absolute atomic E-state index is 12.9. The lowest BCUT2D eigenvalue weighted by atomic mass is 10.1. The molecular weight excluding hydrogens is 345 g/mol. The molecule has 0 radical (unpaired) electrons. The van der Waals surface area contributed by atoms with E-state index >= 15 is 0 Å². The molecule has 1 N–H and O–H groups in total. The first kappa shape index (κ1) is 18.1. The van der Waals surface area contributed by atoms with Crippen LogP contribution < -0.4 is 15.0 Å². The number of amides is 2. The zero-order valence-electron chi connectivity index (χ0n) is 14.4. The minimum atomic E-state index is -4.46. The largest absolute Gasteiger partial charge is 0.486 e. The van der Waals surface area contributed by atoms with E-state index in [9.17, 15) is 18.0 Å². The van der Waals surface area contributed by atoms with Crippen molar-refractivity contribution >= 4 is 17.4 Å². The standard InChI is InChI=1S/C19H19F3N2O2/c1-3-15-11-24(16-9-12(2)7-8-17(16)26-15)18(25)23-14-6-4-5-13(10-14)19(20,21)22/h4-10,15H,3,11H2,1-2H3,(H,23,25)/t15-/m1/s1. The van der Waals surface area contributed by atoms with Crippen molar-refractivity contribution in [2.45, 2.75) is 32.5 Å². The summed E-state index contributed by atoms with van der Waals surface area (Å²) >= 11 is 0. The van der Waals surface area contributed by atoms with Crippen molar-refractivity contribution in [1.82, 2.24) is 0 Å². The molecule has 138 valence electrons. The molecule has 26 heavy (non-hydrogen) atoms. The van der Waals surface area contributed by atoms with Crippen LogP contribution in [-0.4, -0.2) is 18.7 Å². The molecule has 4 nitrogen and oxygen atoms in total. The highest BCUT2D eigenvalue weighted by Crippen LogP contribution is 2.36. The quantitative estimate of drug-likeness (QED) is 0.793. The van der Waals surface area contributed by atoms with E-state index in [-0.39, 0.29) is 11.8 Å². The summed E-state index contributed by atoms with van der Waals surface area (Å²) in [5.74, 6) is 0.591. The number of rotatable bonds is 2. The molecule has 2 amide bonds. The fourth-order valence-corrected chi connectivity index (χ4v) is 2.83. The van der Waals surface area contributed by atoms with Crippen molar-refractivity contribution in [3.63, 3.8) is 0 Å². The van der Waals surface area contributed by atoms with E-state index in [1.807, 2.05) is 26.0 Å². The number of carbonyl (C=O) groups is 1. The Morgan fingerprint density at radius 2 is 2.04 bits per heavy atom. The number of carbonyl (C=O) groups excluding carboxylic acids is 1. The molecule has 0 aliphatic carbocycles. The van der Waals surface area contributed by atoms with Crippen molar-refractivity contribution in [1.29, 1.82) is 0 Å². The van der Waals surface area contributed by atoms with Gasteiger partial charge in [-0.05, 0) is 49.2 Å². The van der Waals surface area contributed by atoms with Gasteiger partial charge in [0.25, 0.3) is 0 Å². The molecule has 0 fully saturated rings. The number of hydrogen-bond acceptors (Lipinski definition) is 2. The third-order valence-corrected chi connectivity index (χ3v) is 4.23. The number of fused-ring (bicyclic) bond motifs is 1. The number of benzene rings is 2. The van der Waals surface area contributed by atoms with Gasteiger partial charge < -0.3 is 10.1 Å². The van der Waals surface area contributed by atoms with E-state index in [1.54, 1.807) is 6.07 Å². The van der Waals surface area contributed by atoms with E-state index in [4.69, 9.17) is 4.74 Å². The molecule has 1 heterocycles. The van der Waals surface area contributed by atoms with Crippen LogP contribution in [-0.2, 0) is 6.18 Å². The van der Waals surface area contributed by atoms with Crippen molar-refractivity contribution in [3.05, 3.63) is 53.6 Å². The van der Waals surface area contributed by atoms with Crippen molar-refractivity contribution in [2.75, 3.05) is 16.8 Å². The summed E-state index contributed by atoms with van der Waals surface area (Å²) in [6, 6.07) is 9.62. The van der Waals surface area contributed by atoms with Gasteiger partial charge in [0, 0.05) is 5.69 Å². The Kier molecular flexibility index (Phi) is 4.80. The molecule has 3 rings (SSSR count). The average molecular weight is 364 g/mol. The number of nitrogens with zero attached hydrogens (tertiary/aromatic N) is 1. The second kappa shape index (κ2) is 6.90. The van der Waals surface area contributed by atoms with Crippen LogP contribution in [0.5, 0.6) is 5.75 Å². The van der Waals surface area contributed by atoms with Crippen molar-refractivity contribution < 1.29 is 22.7 Å². The number of aryl methyl sites for hydroxylation is 1. The average Bonchev–Trinajstić information content (AvgIpc) is 2.60. The van der Waals surface area contributed by atoms with Gasteiger partial charge in [0.05, 0.1) is 17.8 Å².